The van der Waals surface area contributed by atoms with E-state index in [4.69, 9.17) is 0 Å². The first-order chi connectivity index (χ1) is 15.8. The molecule has 158 valence electrons. The SMILES string of the molecule is N#C/C(c1nnc2n1CCCCC2)=c1/s/c(=C\c2ccccn2)c(=O)n1-c1ccccc1. The van der Waals surface area contributed by atoms with E-state index in [1.807, 2.05) is 53.1 Å². The van der Waals surface area contributed by atoms with Gasteiger partial charge in [-0.3, -0.25) is 14.3 Å². The fourth-order valence-electron chi connectivity index (χ4n) is 3.92. The number of para-hydroxylation sites is 1. The zero-order valence-corrected chi connectivity index (χ0v) is 18.1. The molecule has 1 aliphatic rings. The van der Waals surface area contributed by atoms with Crippen LogP contribution in [0.4, 0.5) is 0 Å². The molecule has 0 saturated carbocycles. The third-order valence-corrected chi connectivity index (χ3v) is 6.56. The maximum atomic E-state index is 13.5. The molecule has 0 bridgehead atoms. The van der Waals surface area contributed by atoms with Crippen LogP contribution in [0.5, 0.6) is 0 Å². The van der Waals surface area contributed by atoms with E-state index < -0.39 is 0 Å². The van der Waals surface area contributed by atoms with Crippen LogP contribution in [0.2, 0.25) is 0 Å². The van der Waals surface area contributed by atoms with E-state index in [0.717, 1.165) is 38.1 Å². The Hall–Kier alpha value is -3.83. The summed E-state index contributed by atoms with van der Waals surface area (Å²) in [7, 11) is 0. The molecule has 4 aromatic rings. The maximum Gasteiger partial charge on any atom is 0.273 e. The lowest BCUT2D eigenvalue weighted by molar-refractivity contribution is 0.627. The highest BCUT2D eigenvalue weighted by Gasteiger charge is 2.21. The number of fused-ring (bicyclic) bond motifs is 1. The van der Waals surface area contributed by atoms with Crippen LogP contribution in [0, 0.1) is 11.3 Å². The van der Waals surface area contributed by atoms with E-state index >= 15 is 0 Å². The van der Waals surface area contributed by atoms with Gasteiger partial charge in [0.2, 0.25) is 0 Å². The van der Waals surface area contributed by atoms with Gasteiger partial charge < -0.3 is 4.57 Å². The first-order valence-electron chi connectivity index (χ1n) is 10.5. The first-order valence-corrected chi connectivity index (χ1v) is 11.3. The molecule has 0 unspecified atom stereocenters. The molecule has 32 heavy (non-hydrogen) atoms. The van der Waals surface area contributed by atoms with E-state index in [2.05, 4.69) is 21.3 Å². The van der Waals surface area contributed by atoms with Gasteiger partial charge in [-0.2, -0.15) is 5.26 Å². The monoisotopic (exact) mass is 440 g/mol. The van der Waals surface area contributed by atoms with Crippen LogP contribution >= 0.6 is 11.3 Å². The molecule has 0 spiro atoms. The quantitative estimate of drug-likeness (QED) is 0.487. The van der Waals surface area contributed by atoms with Crippen molar-refractivity contribution >= 4 is 23.0 Å². The van der Waals surface area contributed by atoms with Gasteiger partial charge in [0.05, 0.1) is 15.9 Å². The minimum atomic E-state index is -0.190. The molecule has 0 fully saturated rings. The van der Waals surface area contributed by atoms with Crippen molar-refractivity contribution in [1.29, 1.82) is 5.26 Å². The number of thiazole rings is 1. The van der Waals surface area contributed by atoms with Crippen molar-refractivity contribution in [3.63, 3.8) is 0 Å². The van der Waals surface area contributed by atoms with E-state index in [-0.39, 0.29) is 5.56 Å². The van der Waals surface area contributed by atoms with Gasteiger partial charge in [0.25, 0.3) is 5.56 Å². The first kappa shape index (κ1) is 20.1. The Morgan fingerprint density at radius 1 is 1.06 bits per heavy atom. The van der Waals surface area contributed by atoms with Crippen LogP contribution in [0.3, 0.4) is 0 Å². The zero-order valence-electron chi connectivity index (χ0n) is 17.3. The molecule has 0 N–H and O–H groups in total. The molecule has 0 amide bonds. The molecule has 0 radical (unpaired) electrons. The van der Waals surface area contributed by atoms with Crippen molar-refractivity contribution in [3.05, 3.63) is 91.6 Å². The number of hydrogen-bond donors (Lipinski definition) is 0. The van der Waals surface area contributed by atoms with E-state index in [0.29, 0.717) is 32.0 Å². The Kier molecular flexibility index (Phi) is 5.48. The highest BCUT2D eigenvalue weighted by molar-refractivity contribution is 7.07. The minimum absolute atomic E-state index is 0.190. The highest BCUT2D eigenvalue weighted by Crippen LogP contribution is 2.18. The molecule has 8 heteroatoms. The Balaban J connectivity index is 1.84. The van der Waals surface area contributed by atoms with Crippen LogP contribution in [-0.4, -0.2) is 24.3 Å². The fraction of sp³-hybridized carbons (Fsp3) is 0.208. The summed E-state index contributed by atoms with van der Waals surface area (Å²) < 4.78 is 4.68. The number of hydrogen-bond acceptors (Lipinski definition) is 6. The van der Waals surface area contributed by atoms with Crippen molar-refractivity contribution in [2.24, 2.45) is 0 Å². The summed E-state index contributed by atoms with van der Waals surface area (Å²) in [6.07, 6.45) is 7.51. The Bertz CT molecular complexity index is 1480. The summed E-state index contributed by atoms with van der Waals surface area (Å²) in [5.41, 5.74) is 1.56. The average molecular weight is 441 g/mol. The topological polar surface area (TPSA) is 89.4 Å². The molecule has 0 atom stereocenters. The van der Waals surface area contributed by atoms with Crippen LogP contribution in [-0.2, 0) is 13.0 Å². The number of benzene rings is 1. The lowest BCUT2D eigenvalue weighted by atomic mass is 10.2. The van der Waals surface area contributed by atoms with Gasteiger partial charge in [0, 0.05) is 19.2 Å². The number of pyridine rings is 1. The minimum Gasteiger partial charge on any atom is -0.310 e. The Labute approximate surface area is 188 Å². The summed E-state index contributed by atoms with van der Waals surface area (Å²) >= 11 is 1.28. The second kappa shape index (κ2) is 8.73. The molecule has 5 rings (SSSR count). The van der Waals surface area contributed by atoms with Crippen LogP contribution in [0.25, 0.3) is 17.3 Å². The van der Waals surface area contributed by atoms with Crippen molar-refractivity contribution in [2.45, 2.75) is 32.2 Å². The van der Waals surface area contributed by atoms with Crippen molar-refractivity contribution in [1.82, 2.24) is 24.3 Å². The summed E-state index contributed by atoms with van der Waals surface area (Å²) in [5, 5.41) is 18.9. The number of nitriles is 1. The van der Waals surface area contributed by atoms with Gasteiger partial charge in [0.1, 0.15) is 22.1 Å². The molecular weight excluding hydrogens is 420 g/mol. The smallest absolute Gasteiger partial charge is 0.273 e. The van der Waals surface area contributed by atoms with Gasteiger partial charge in [-0.25, -0.2) is 0 Å². The van der Waals surface area contributed by atoms with Crippen LogP contribution < -0.4 is 14.8 Å². The predicted octanol–water partition coefficient (Wildman–Crippen LogP) is 2.16. The molecule has 4 heterocycles. The molecule has 0 aliphatic carbocycles. The average Bonchev–Trinajstić information content (AvgIpc) is 3.27. The summed E-state index contributed by atoms with van der Waals surface area (Å²) in [4.78, 5) is 17.8. The second-order valence-electron chi connectivity index (χ2n) is 7.54. The maximum absolute atomic E-state index is 13.5. The van der Waals surface area contributed by atoms with Crippen LogP contribution in [0.15, 0.2) is 59.5 Å². The van der Waals surface area contributed by atoms with Crippen LogP contribution in [0.1, 0.15) is 36.6 Å². The second-order valence-corrected chi connectivity index (χ2v) is 8.57. The number of aromatic nitrogens is 5. The van der Waals surface area contributed by atoms with Crippen molar-refractivity contribution in [3.8, 4) is 11.8 Å². The van der Waals surface area contributed by atoms with Gasteiger partial charge >= 0.3 is 0 Å². The van der Waals surface area contributed by atoms with Crippen molar-refractivity contribution in [2.75, 3.05) is 0 Å². The zero-order chi connectivity index (χ0) is 21.9. The van der Waals surface area contributed by atoms with Gasteiger partial charge in [-0.15, -0.1) is 21.5 Å². The van der Waals surface area contributed by atoms with Gasteiger partial charge in [-0.1, -0.05) is 30.7 Å². The molecule has 3 aromatic heterocycles. The highest BCUT2D eigenvalue weighted by atomic mass is 32.1. The van der Waals surface area contributed by atoms with E-state index in [9.17, 15) is 10.1 Å². The standard InChI is InChI=1S/C24H20N6OS/c25-16-19(22-28-27-21-12-5-2-8-14-29(21)22)24-30(18-10-3-1-4-11-18)23(31)20(32-24)15-17-9-6-7-13-26-17/h1,3-4,6-7,9-11,13,15H,2,5,8,12,14H2/b20-15-,24-19-. The summed E-state index contributed by atoms with van der Waals surface area (Å²) in [5.74, 6) is 1.43. The number of nitrogens with zero attached hydrogens (tertiary/aromatic N) is 6. The van der Waals surface area contributed by atoms with Gasteiger partial charge in [0.15, 0.2) is 5.82 Å². The lowest BCUT2D eigenvalue weighted by Crippen LogP contribution is -2.31. The summed E-state index contributed by atoms with van der Waals surface area (Å²) in [6.45, 7) is 0.775. The Morgan fingerprint density at radius 3 is 2.69 bits per heavy atom. The third-order valence-electron chi connectivity index (χ3n) is 5.46. The van der Waals surface area contributed by atoms with Gasteiger partial charge in [-0.05, 0) is 43.2 Å². The largest absolute Gasteiger partial charge is 0.310 e. The predicted molar refractivity (Wildman–Crippen MR) is 123 cm³/mol. The van der Waals surface area contributed by atoms with E-state index in [1.165, 1.54) is 11.3 Å². The molecule has 0 saturated heterocycles. The molecule has 7 nitrogen and oxygen atoms in total. The fourth-order valence-corrected chi connectivity index (χ4v) is 5.01. The van der Waals surface area contributed by atoms with Crippen molar-refractivity contribution < 1.29 is 0 Å². The summed E-state index contributed by atoms with van der Waals surface area (Å²) in [6, 6.07) is 17.2. The van der Waals surface area contributed by atoms with E-state index in [1.54, 1.807) is 16.8 Å². The Morgan fingerprint density at radius 2 is 1.91 bits per heavy atom. The normalized spacial score (nSPS) is 15.0. The molecular formula is C24H20N6OS. The third kappa shape index (κ3) is 3.67. The number of aryl methyl sites for hydroxylation is 1. The number of rotatable bonds is 3. The molecule has 1 aliphatic heterocycles. The molecule has 1 aromatic carbocycles. The lowest BCUT2D eigenvalue weighted by Gasteiger charge is -2.07.